The molecule has 1 aliphatic rings. The summed E-state index contributed by atoms with van der Waals surface area (Å²) in [6.07, 6.45) is 3.84. The van der Waals surface area contributed by atoms with Crippen LogP contribution in [0.3, 0.4) is 0 Å². The summed E-state index contributed by atoms with van der Waals surface area (Å²) in [5.41, 5.74) is 6.37. The highest BCUT2D eigenvalue weighted by atomic mass is 35.5. The number of nitrogen functional groups attached to an aromatic ring is 1. The Kier molecular flexibility index (Phi) is 3.85. The van der Waals surface area contributed by atoms with Gasteiger partial charge in [-0.15, -0.1) is 0 Å². The minimum atomic E-state index is 0.562. The van der Waals surface area contributed by atoms with Crippen LogP contribution in [0, 0.1) is 5.92 Å². The molecule has 5 heteroatoms. The van der Waals surface area contributed by atoms with Crippen LogP contribution in [0.5, 0.6) is 0 Å². The standard InChI is InChI=1S/C11H16ClN3O/c12-9-5-10(13)11(15-6-9)14-3-1-8-2-4-16-7-8/h5-6,8H,1-4,7,13H2,(H,14,15). The second-order valence-electron chi connectivity index (χ2n) is 4.04. The van der Waals surface area contributed by atoms with E-state index in [2.05, 4.69) is 10.3 Å². The van der Waals surface area contributed by atoms with Crippen LogP contribution in [0.15, 0.2) is 12.3 Å². The van der Waals surface area contributed by atoms with Gasteiger partial charge in [-0.2, -0.15) is 0 Å². The molecule has 0 amide bonds. The van der Waals surface area contributed by atoms with Crippen molar-refractivity contribution in [2.24, 2.45) is 5.92 Å². The van der Waals surface area contributed by atoms with Gasteiger partial charge in [-0.1, -0.05) is 11.6 Å². The number of hydrogen-bond acceptors (Lipinski definition) is 4. The molecule has 0 aliphatic carbocycles. The lowest BCUT2D eigenvalue weighted by molar-refractivity contribution is 0.185. The molecule has 1 aromatic heterocycles. The summed E-state index contributed by atoms with van der Waals surface area (Å²) in [5.74, 6) is 1.38. The molecular weight excluding hydrogens is 226 g/mol. The summed E-state index contributed by atoms with van der Waals surface area (Å²) in [7, 11) is 0. The SMILES string of the molecule is Nc1cc(Cl)cnc1NCCC1CCOC1. The molecule has 1 saturated heterocycles. The van der Waals surface area contributed by atoms with Gasteiger partial charge in [0.15, 0.2) is 0 Å². The number of aromatic nitrogens is 1. The number of hydrogen-bond donors (Lipinski definition) is 2. The average molecular weight is 242 g/mol. The van der Waals surface area contributed by atoms with Gasteiger partial charge in [0.25, 0.3) is 0 Å². The monoisotopic (exact) mass is 241 g/mol. The maximum absolute atomic E-state index is 5.78. The van der Waals surface area contributed by atoms with Crippen LogP contribution in [0.25, 0.3) is 0 Å². The highest BCUT2D eigenvalue weighted by Crippen LogP contribution is 2.20. The molecule has 0 saturated carbocycles. The molecule has 1 aliphatic heterocycles. The summed E-state index contributed by atoms with van der Waals surface area (Å²) >= 11 is 5.77. The van der Waals surface area contributed by atoms with E-state index in [4.69, 9.17) is 22.1 Å². The van der Waals surface area contributed by atoms with Crippen LogP contribution >= 0.6 is 11.6 Å². The van der Waals surface area contributed by atoms with E-state index >= 15 is 0 Å². The van der Waals surface area contributed by atoms with Crippen molar-refractivity contribution in [3.63, 3.8) is 0 Å². The molecule has 0 aromatic carbocycles. The van der Waals surface area contributed by atoms with Crippen molar-refractivity contribution in [3.8, 4) is 0 Å². The fourth-order valence-electron chi connectivity index (χ4n) is 1.81. The average Bonchev–Trinajstić information content (AvgIpc) is 2.74. The third-order valence-corrected chi connectivity index (χ3v) is 2.96. The lowest BCUT2D eigenvalue weighted by atomic mass is 10.1. The highest BCUT2D eigenvalue weighted by Gasteiger charge is 2.14. The number of nitrogens with zero attached hydrogens (tertiary/aromatic N) is 1. The first-order valence-corrected chi connectivity index (χ1v) is 5.86. The number of nitrogens with one attached hydrogen (secondary N) is 1. The Balaban J connectivity index is 1.80. The molecule has 88 valence electrons. The number of halogens is 1. The molecule has 2 heterocycles. The van der Waals surface area contributed by atoms with Crippen LogP contribution in [-0.4, -0.2) is 24.7 Å². The third kappa shape index (κ3) is 3.00. The zero-order valence-corrected chi connectivity index (χ0v) is 9.83. The molecule has 0 bridgehead atoms. The molecular formula is C11H16ClN3O. The van der Waals surface area contributed by atoms with E-state index in [9.17, 15) is 0 Å². The minimum Gasteiger partial charge on any atom is -0.396 e. The normalized spacial score (nSPS) is 19.9. The van der Waals surface area contributed by atoms with Crippen molar-refractivity contribution >= 4 is 23.1 Å². The molecule has 3 N–H and O–H groups in total. The summed E-state index contributed by atoms with van der Waals surface area (Å²) in [6.45, 7) is 2.64. The van der Waals surface area contributed by atoms with Crippen LogP contribution in [-0.2, 0) is 4.74 Å². The number of anilines is 2. The maximum Gasteiger partial charge on any atom is 0.149 e. The molecule has 1 unspecified atom stereocenters. The number of rotatable bonds is 4. The van der Waals surface area contributed by atoms with Gasteiger partial charge in [0.2, 0.25) is 0 Å². The van der Waals surface area contributed by atoms with Gasteiger partial charge < -0.3 is 15.8 Å². The maximum atomic E-state index is 5.78. The first kappa shape index (κ1) is 11.5. The van der Waals surface area contributed by atoms with Crippen LogP contribution in [0.4, 0.5) is 11.5 Å². The molecule has 0 spiro atoms. The zero-order chi connectivity index (χ0) is 11.4. The zero-order valence-electron chi connectivity index (χ0n) is 9.08. The second-order valence-corrected chi connectivity index (χ2v) is 4.47. The van der Waals surface area contributed by atoms with E-state index in [-0.39, 0.29) is 0 Å². The Morgan fingerprint density at radius 2 is 2.50 bits per heavy atom. The predicted molar refractivity (Wildman–Crippen MR) is 65.7 cm³/mol. The van der Waals surface area contributed by atoms with Crippen molar-refractivity contribution in [1.29, 1.82) is 0 Å². The third-order valence-electron chi connectivity index (χ3n) is 2.75. The molecule has 1 atom stereocenters. The van der Waals surface area contributed by atoms with Crippen molar-refractivity contribution in [2.75, 3.05) is 30.8 Å². The summed E-state index contributed by atoms with van der Waals surface area (Å²) in [5, 5.41) is 3.78. The molecule has 4 nitrogen and oxygen atoms in total. The van der Waals surface area contributed by atoms with Gasteiger partial charge in [0.05, 0.1) is 10.7 Å². The first-order chi connectivity index (χ1) is 7.75. The fourth-order valence-corrected chi connectivity index (χ4v) is 1.97. The number of ether oxygens (including phenoxy) is 1. The second kappa shape index (κ2) is 5.37. The van der Waals surface area contributed by atoms with Crippen molar-refractivity contribution < 1.29 is 4.74 Å². The van der Waals surface area contributed by atoms with Crippen LogP contribution in [0.1, 0.15) is 12.8 Å². The Hall–Kier alpha value is -1.00. The molecule has 1 aromatic rings. The predicted octanol–water partition coefficient (Wildman–Crippen LogP) is 2.16. The van der Waals surface area contributed by atoms with Gasteiger partial charge in [-0.05, 0) is 24.8 Å². The van der Waals surface area contributed by atoms with Crippen LogP contribution in [0.2, 0.25) is 5.02 Å². The quantitative estimate of drug-likeness (QED) is 0.848. The van der Waals surface area contributed by atoms with Crippen molar-refractivity contribution in [3.05, 3.63) is 17.3 Å². The Morgan fingerprint density at radius 3 is 3.19 bits per heavy atom. The van der Waals surface area contributed by atoms with Crippen molar-refractivity contribution in [1.82, 2.24) is 4.98 Å². The van der Waals surface area contributed by atoms with E-state index in [1.54, 1.807) is 12.3 Å². The fraction of sp³-hybridized carbons (Fsp3) is 0.545. The lowest BCUT2D eigenvalue weighted by Gasteiger charge is -2.10. The van der Waals surface area contributed by atoms with E-state index in [1.807, 2.05) is 0 Å². The first-order valence-electron chi connectivity index (χ1n) is 5.48. The van der Waals surface area contributed by atoms with Crippen LogP contribution < -0.4 is 11.1 Å². The summed E-state index contributed by atoms with van der Waals surface area (Å²) < 4.78 is 5.31. The van der Waals surface area contributed by atoms with Gasteiger partial charge in [0.1, 0.15) is 5.82 Å². The minimum absolute atomic E-state index is 0.562. The number of nitrogens with two attached hydrogens (primary N) is 1. The number of pyridine rings is 1. The summed E-state index contributed by atoms with van der Waals surface area (Å²) in [6, 6.07) is 1.70. The van der Waals surface area contributed by atoms with E-state index in [1.165, 1.54) is 0 Å². The molecule has 1 fully saturated rings. The molecule has 2 rings (SSSR count). The smallest absolute Gasteiger partial charge is 0.149 e. The van der Waals surface area contributed by atoms with Gasteiger partial charge in [-0.25, -0.2) is 4.98 Å². The Bertz CT molecular complexity index is 353. The lowest BCUT2D eigenvalue weighted by Crippen LogP contribution is -2.11. The Labute approximate surface area is 100 Å². The van der Waals surface area contributed by atoms with Gasteiger partial charge >= 0.3 is 0 Å². The van der Waals surface area contributed by atoms with E-state index < -0.39 is 0 Å². The van der Waals surface area contributed by atoms with Gasteiger partial charge in [0, 0.05) is 26.0 Å². The molecule has 0 radical (unpaired) electrons. The van der Waals surface area contributed by atoms with Gasteiger partial charge in [-0.3, -0.25) is 0 Å². The highest BCUT2D eigenvalue weighted by molar-refractivity contribution is 6.30. The van der Waals surface area contributed by atoms with Crippen molar-refractivity contribution in [2.45, 2.75) is 12.8 Å². The largest absolute Gasteiger partial charge is 0.396 e. The molecule has 16 heavy (non-hydrogen) atoms. The van der Waals surface area contributed by atoms with E-state index in [0.717, 1.165) is 32.6 Å². The summed E-state index contributed by atoms with van der Waals surface area (Å²) in [4.78, 5) is 4.14. The Morgan fingerprint density at radius 1 is 1.62 bits per heavy atom. The topological polar surface area (TPSA) is 60.2 Å². The van der Waals surface area contributed by atoms with E-state index in [0.29, 0.717) is 22.4 Å².